The van der Waals surface area contributed by atoms with Gasteiger partial charge in [0, 0.05) is 13.1 Å². The van der Waals surface area contributed by atoms with Gasteiger partial charge in [0.15, 0.2) is 0 Å². The highest BCUT2D eigenvalue weighted by Crippen LogP contribution is 2.29. The van der Waals surface area contributed by atoms with Gasteiger partial charge in [0.2, 0.25) is 10.0 Å². The summed E-state index contributed by atoms with van der Waals surface area (Å²) in [5.74, 6) is 0.291. The molecule has 0 heterocycles. The fourth-order valence-electron chi connectivity index (χ4n) is 3.46. The van der Waals surface area contributed by atoms with Gasteiger partial charge in [-0.15, -0.1) is 0 Å². The summed E-state index contributed by atoms with van der Waals surface area (Å²) < 4.78 is 36.4. The van der Waals surface area contributed by atoms with E-state index in [-0.39, 0.29) is 5.56 Å². The van der Waals surface area contributed by atoms with Gasteiger partial charge >= 0.3 is 0 Å². The summed E-state index contributed by atoms with van der Waals surface area (Å²) in [7, 11) is -3.69. The monoisotopic (exact) mass is 512 g/mol. The van der Waals surface area contributed by atoms with E-state index in [1.807, 2.05) is 66.2 Å². The van der Waals surface area contributed by atoms with E-state index in [0.29, 0.717) is 37.8 Å². The van der Waals surface area contributed by atoms with Crippen molar-refractivity contribution in [3.8, 4) is 22.6 Å². The molecule has 1 atom stereocenters. The number of aliphatic hydroxyl groups is 1. The van der Waals surface area contributed by atoms with Gasteiger partial charge in [-0.05, 0) is 47.4 Å². The van der Waals surface area contributed by atoms with Gasteiger partial charge in [0.25, 0.3) is 5.91 Å². The standard InChI is InChI=1S/C27H32N2O6S/c1-3-16-35-26-18-22(11-14-24(26)27(31)29-36(2,32)33)20-9-12-23(13-10-20)34-17-15-28-19-25(30)21-7-5-4-6-8-21/h4-14,18,25,28,30H,3,15-17,19H2,1-2H3,(H,29,31)/t25-/m1/s1. The lowest BCUT2D eigenvalue weighted by Crippen LogP contribution is -2.29. The van der Waals surface area contributed by atoms with Gasteiger partial charge in [0.1, 0.15) is 18.1 Å². The molecule has 0 spiro atoms. The van der Waals surface area contributed by atoms with Crippen molar-refractivity contribution >= 4 is 15.9 Å². The number of carbonyl (C=O) groups is 1. The summed E-state index contributed by atoms with van der Waals surface area (Å²) in [6.45, 7) is 3.80. The Bertz CT molecular complexity index is 1230. The Balaban J connectivity index is 1.57. The third-order valence-corrected chi connectivity index (χ3v) is 5.78. The summed E-state index contributed by atoms with van der Waals surface area (Å²) in [6, 6.07) is 22.0. The van der Waals surface area contributed by atoms with Crippen molar-refractivity contribution in [1.82, 2.24) is 10.0 Å². The molecule has 3 rings (SSSR count). The van der Waals surface area contributed by atoms with Gasteiger partial charge in [-0.2, -0.15) is 0 Å². The molecule has 0 radical (unpaired) electrons. The van der Waals surface area contributed by atoms with E-state index in [0.717, 1.165) is 29.4 Å². The molecule has 8 nitrogen and oxygen atoms in total. The lowest BCUT2D eigenvalue weighted by atomic mass is 10.0. The van der Waals surface area contributed by atoms with Gasteiger partial charge in [-0.25, -0.2) is 13.1 Å². The number of hydrogen-bond acceptors (Lipinski definition) is 7. The van der Waals surface area contributed by atoms with E-state index in [9.17, 15) is 18.3 Å². The topological polar surface area (TPSA) is 114 Å². The second-order valence-electron chi connectivity index (χ2n) is 8.27. The Labute approximate surface area is 212 Å². The maximum Gasteiger partial charge on any atom is 0.268 e. The van der Waals surface area contributed by atoms with E-state index in [1.165, 1.54) is 0 Å². The Morgan fingerprint density at radius 1 is 0.944 bits per heavy atom. The first kappa shape index (κ1) is 27.2. The molecule has 0 aliphatic carbocycles. The molecule has 0 saturated carbocycles. The Hall–Kier alpha value is -3.40. The lowest BCUT2D eigenvalue weighted by Gasteiger charge is -2.14. The second-order valence-corrected chi connectivity index (χ2v) is 10.0. The fraction of sp³-hybridized carbons (Fsp3) is 0.296. The normalized spacial score (nSPS) is 12.1. The Kier molecular flexibility index (Phi) is 9.86. The third kappa shape index (κ3) is 8.37. The van der Waals surface area contributed by atoms with Crippen molar-refractivity contribution in [3.63, 3.8) is 0 Å². The van der Waals surface area contributed by atoms with Crippen LogP contribution in [0.15, 0.2) is 72.8 Å². The van der Waals surface area contributed by atoms with Gasteiger partial charge < -0.3 is 19.9 Å². The molecule has 3 N–H and O–H groups in total. The molecule has 0 unspecified atom stereocenters. The molecule has 3 aromatic carbocycles. The number of sulfonamides is 1. The van der Waals surface area contributed by atoms with Crippen LogP contribution in [-0.4, -0.2) is 52.0 Å². The SMILES string of the molecule is CCCOc1cc(-c2ccc(OCCNC[C@@H](O)c3ccccc3)cc2)ccc1C(=O)NS(C)(=O)=O. The first-order chi connectivity index (χ1) is 17.3. The molecule has 3 aromatic rings. The van der Waals surface area contributed by atoms with Gasteiger partial charge in [-0.1, -0.05) is 55.5 Å². The fourth-order valence-corrected chi connectivity index (χ4v) is 3.91. The van der Waals surface area contributed by atoms with Gasteiger partial charge in [0.05, 0.1) is 24.5 Å². The average Bonchev–Trinajstić information content (AvgIpc) is 2.87. The number of hydrogen-bond donors (Lipinski definition) is 3. The molecule has 0 aliphatic rings. The highest BCUT2D eigenvalue weighted by atomic mass is 32.2. The van der Waals surface area contributed by atoms with Crippen LogP contribution in [0.4, 0.5) is 0 Å². The second kappa shape index (κ2) is 13.1. The van der Waals surface area contributed by atoms with E-state index in [2.05, 4.69) is 5.32 Å². The van der Waals surface area contributed by atoms with Crippen LogP contribution >= 0.6 is 0 Å². The molecule has 192 valence electrons. The molecule has 0 bridgehead atoms. The van der Waals surface area contributed by atoms with Crippen LogP contribution in [0, 0.1) is 0 Å². The Morgan fingerprint density at radius 2 is 1.64 bits per heavy atom. The smallest absolute Gasteiger partial charge is 0.268 e. The number of amides is 1. The molecular formula is C27H32N2O6S. The van der Waals surface area contributed by atoms with Crippen LogP contribution in [0.2, 0.25) is 0 Å². The molecule has 0 saturated heterocycles. The zero-order valence-electron chi connectivity index (χ0n) is 20.4. The third-order valence-electron chi connectivity index (χ3n) is 5.22. The summed E-state index contributed by atoms with van der Waals surface area (Å²) >= 11 is 0. The van der Waals surface area contributed by atoms with E-state index in [1.54, 1.807) is 18.2 Å². The van der Waals surface area contributed by atoms with Crippen molar-refractivity contribution in [2.24, 2.45) is 0 Å². The number of rotatable bonds is 13. The minimum Gasteiger partial charge on any atom is -0.493 e. The number of ether oxygens (including phenoxy) is 2. The molecule has 1 amide bonds. The number of carbonyl (C=O) groups excluding carboxylic acids is 1. The molecule has 36 heavy (non-hydrogen) atoms. The van der Waals surface area contributed by atoms with Crippen LogP contribution in [0.3, 0.4) is 0 Å². The zero-order chi connectivity index (χ0) is 26.0. The minimum absolute atomic E-state index is 0.155. The molecule has 0 aliphatic heterocycles. The molecule has 0 aromatic heterocycles. The average molecular weight is 513 g/mol. The molecular weight excluding hydrogens is 480 g/mol. The predicted molar refractivity (Wildman–Crippen MR) is 140 cm³/mol. The van der Waals surface area contributed by atoms with Crippen molar-refractivity contribution in [3.05, 3.63) is 83.9 Å². The van der Waals surface area contributed by atoms with Crippen LogP contribution in [-0.2, 0) is 10.0 Å². The largest absolute Gasteiger partial charge is 0.493 e. The lowest BCUT2D eigenvalue weighted by molar-refractivity contribution is 0.0977. The maximum absolute atomic E-state index is 12.4. The van der Waals surface area contributed by atoms with Crippen molar-refractivity contribution in [2.45, 2.75) is 19.4 Å². The highest BCUT2D eigenvalue weighted by molar-refractivity contribution is 7.89. The van der Waals surface area contributed by atoms with Crippen LogP contribution in [0.25, 0.3) is 11.1 Å². The molecule has 9 heteroatoms. The summed E-state index contributed by atoms with van der Waals surface area (Å²) in [5, 5.41) is 13.4. The van der Waals surface area contributed by atoms with Gasteiger partial charge in [-0.3, -0.25) is 4.79 Å². The van der Waals surface area contributed by atoms with E-state index in [4.69, 9.17) is 9.47 Å². The first-order valence-corrected chi connectivity index (χ1v) is 13.6. The van der Waals surface area contributed by atoms with Crippen LogP contribution < -0.4 is 19.5 Å². The van der Waals surface area contributed by atoms with Crippen LogP contribution in [0.5, 0.6) is 11.5 Å². The zero-order valence-corrected chi connectivity index (χ0v) is 21.3. The molecule has 0 fully saturated rings. The number of aliphatic hydroxyl groups excluding tert-OH is 1. The summed E-state index contributed by atoms with van der Waals surface area (Å²) in [4.78, 5) is 12.4. The van der Waals surface area contributed by atoms with Crippen molar-refractivity contribution in [1.29, 1.82) is 0 Å². The number of benzene rings is 3. The summed E-state index contributed by atoms with van der Waals surface area (Å²) in [5.41, 5.74) is 2.74. The highest BCUT2D eigenvalue weighted by Gasteiger charge is 2.17. The van der Waals surface area contributed by atoms with E-state index >= 15 is 0 Å². The van der Waals surface area contributed by atoms with E-state index < -0.39 is 22.0 Å². The minimum atomic E-state index is -3.69. The first-order valence-electron chi connectivity index (χ1n) is 11.7. The quantitative estimate of drug-likeness (QED) is 0.300. The number of nitrogens with one attached hydrogen (secondary N) is 2. The van der Waals surface area contributed by atoms with Crippen molar-refractivity contribution in [2.75, 3.05) is 32.6 Å². The van der Waals surface area contributed by atoms with Crippen molar-refractivity contribution < 1.29 is 27.8 Å². The Morgan fingerprint density at radius 3 is 2.31 bits per heavy atom. The predicted octanol–water partition coefficient (Wildman–Crippen LogP) is 3.53. The van der Waals surface area contributed by atoms with Crippen LogP contribution in [0.1, 0.15) is 35.4 Å². The maximum atomic E-state index is 12.4. The summed E-state index contributed by atoms with van der Waals surface area (Å²) in [6.07, 6.45) is 1.10.